The van der Waals surface area contributed by atoms with Crippen molar-refractivity contribution in [2.24, 2.45) is 0 Å². The van der Waals surface area contributed by atoms with Gasteiger partial charge in [-0.1, -0.05) is 0 Å². The lowest BCUT2D eigenvalue weighted by Crippen LogP contribution is -2.47. The number of benzene rings is 1. The quantitative estimate of drug-likeness (QED) is 0.589. The Labute approximate surface area is 170 Å². The van der Waals surface area contributed by atoms with Crippen molar-refractivity contribution in [3.05, 3.63) is 23.8 Å². The van der Waals surface area contributed by atoms with Crippen molar-refractivity contribution in [1.82, 2.24) is 15.5 Å². The first-order chi connectivity index (χ1) is 13.5. The highest BCUT2D eigenvalue weighted by Gasteiger charge is 2.25. The monoisotopic (exact) mass is 407 g/mol. The van der Waals surface area contributed by atoms with Crippen molar-refractivity contribution in [3.8, 4) is 11.5 Å². The van der Waals surface area contributed by atoms with E-state index >= 15 is 0 Å². The lowest BCUT2D eigenvalue weighted by Gasteiger charge is -2.32. The van der Waals surface area contributed by atoms with Crippen LogP contribution in [-0.2, 0) is 9.53 Å². The zero-order chi connectivity index (χ0) is 21.6. The van der Waals surface area contributed by atoms with Crippen LogP contribution in [0.4, 0.5) is 4.79 Å². The van der Waals surface area contributed by atoms with Gasteiger partial charge >= 0.3 is 6.09 Å². The van der Waals surface area contributed by atoms with Gasteiger partial charge in [0.05, 0.1) is 0 Å². The first-order valence-corrected chi connectivity index (χ1v) is 9.62. The molecule has 2 rings (SSSR count). The summed E-state index contributed by atoms with van der Waals surface area (Å²) in [5.74, 6) is -0.794. The molecule has 0 radical (unpaired) electrons. The number of carbonyl (C=O) groups is 3. The van der Waals surface area contributed by atoms with Crippen molar-refractivity contribution in [2.45, 2.75) is 51.7 Å². The van der Waals surface area contributed by atoms with Crippen LogP contribution in [0.5, 0.6) is 11.5 Å². The van der Waals surface area contributed by atoms with Gasteiger partial charge in [-0.15, -0.1) is 0 Å². The van der Waals surface area contributed by atoms with Gasteiger partial charge < -0.3 is 30.5 Å². The summed E-state index contributed by atoms with van der Waals surface area (Å²) in [5, 5.41) is 24.5. The Morgan fingerprint density at radius 3 is 2.24 bits per heavy atom. The van der Waals surface area contributed by atoms with E-state index in [-0.39, 0.29) is 47.9 Å². The number of carbonyl (C=O) groups excluding carboxylic acids is 3. The standard InChI is InChI=1S/C20H29N3O6/c1-20(2,3)29-19(28)21-7-4-17(26)22-14-5-8-23(9-6-14)18(27)13-10-15(24)12-16(25)11-13/h10-12,14,24-25H,4-9H2,1-3H3,(H,21,28)(H,22,26). The van der Waals surface area contributed by atoms with Gasteiger partial charge in [0.15, 0.2) is 0 Å². The number of phenols is 2. The molecule has 1 fully saturated rings. The van der Waals surface area contributed by atoms with Gasteiger partial charge in [-0.25, -0.2) is 4.79 Å². The molecule has 9 heteroatoms. The van der Waals surface area contributed by atoms with Crippen LogP contribution in [0, 0.1) is 0 Å². The SMILES string of the molecule is CC(C)(C)OC(=O)NCCC(=O)NC1CCN(C(=O)c2cc(O)cc(O)c2)CC1. The Balaban J connectivity index is 1.71. The molecule has 1 aliphatic heterocycles. The minimum Gasteiger partial charge on any atom is -0.508 e. The Hall–Kier alpha value is -2.97. The summed E-state index contributed by atoms with van der Waals surface area (Å²) in [7, 11) is 0. The number of alkyl carbamates (subject to hydrolysis) is 1. The molecule has 0 atom stereocenters. The van der Waals surface area contributed by atoms with Gasteiger partial charge in [0.2, 0.25) is 5.91 Å². The second-order valence-corrected chi connectivity index (χ2v) is 8.05. The Morgan fingerprint density at radius 1 is 1.10 bits per heavy atom. The number of aromatic hydroxyl groups is 2. The Bertz CT molecular complexity index is 731. The highest BCUT2D eigenvalue weighted by atomic mass is 16.6. The van der Waals surface area contributed by atoms with Crippen LogP contribution in [0.15, 0.2) is 18.2 Å². The molecular formula is C20H29N3O6. The van der Waals surface area contributed by atoms with Crippen molar-refractivity contribution in [3.63, 3.8) is 0 Å². The molecule has 1 aliphatic rings. The van der Waals surface area contributed by atoms with Crippen molar-refractivity contribution in [1.29, 1.82) is 0 Å². The zero-order valence-electron chi connectivity index (χ0n) is 17.0. The van der Waals surface area contributed by atoms with E-state index in [1.165, 1.54) is 12.1 Å². The second kappa shape index (κ2) is 9.49. The first-order valence-electron chi connectivity index (χ1n) is 9.62. The van der Waals surface area contributed by atoms with Crippen LogP contribution in [0.1, 0.15) is 50.4 Å². The fourth-order valence-corrected chi connectivity index (χ4v) is 3.02. The van der Waals surface area contributed by atoms with Crippen LogP contribution in [0.3, 0.4) is 0 Å². The minimum atomic E-state index is -0.588. The van der Waals surface area contributed by atoms with E-state index in [0.717, 1.165) is 6.07 Å². The van der Waals surface area contributed by atoms with E-state index in [4.69, 9.17) is 4.74 Å². The highest BCUT2D eigenvalue weighted by molar-refractivity contribution is 5.95. The van der Waals surface area contributed by atoms with E-state index in [9.17, 15) is 24.6 Å². The minimum absolute atomic E-state index is 0.0503. The second-order valence-electron chi connectivity index (χ2n) is 8.05. The molecule has 1 aromatic rings. The van der Waals surface area contributed by atoms with Gasteiger partial charge in [-0.05, 0) is 45.7 Å². The third-order valence-corrected chi connectivity index (χ3v) is 4.32. The van der Waals surface area contributed by atoms with Gasteiger partial charge in [0, 0.05) is 43.7 Å². The van der Waals surface area contributed by atoms with E-state index in [1.807, 2.05) is 0 Å². The molecule has 1 heterocycles. The summed E-state index contributed by atoms with van der Waals surface area (Å²) >= 11 is 0. The van der Waals surface area contributed by atoms with Crippen molar-refractivity contribution in [2.75, 3.05) is 19.6 Å². The smallest absolute Gasteiger partial charge is 0.407 e. The number of phenolic OH excluding ortho intramolecular Hbond substituents is 2. The third kappa shape index (κ3) is 7.52. The summed E-state index contributed by atoms with van der Waals surface area (Å²) < 4.78 is 5.10. The van der Waals surface area contributed by atoms with Crippen LogP contribution in [-0.4, -0.2) is 64.3 Å². The average Bonchev–Trinajstić information content (AvgIpc) is 2.59. The predicted octanol–water partition coefficient (Wildman–Crippen LogP) is 1.73. The molecule has 0 aliphatic carbocycles. The molecule has 29 heavy (non-hydrogen) atoms. The van der Waals surface area contributed by atoms with E-state index < -0.39 is 11.7 Å². The maximum absolute atomic E-state index is 12.5. The number of likely N-dealkylation sites (tertiary alicyclic amines) is 1. The average molecular weight is 407 g/mol. The molecule has 4 N–H and O–H groups in total. The number of hydrogen-bond donors (Lipinski definition) is 4. The number of rotatable bonds is 5. The Kier molecular flexibility index (Phi) is 7.30. The number of ether oxygens (including phenoxy) is 1. The number of nitrogens with one attached hydrogen (secondary N) is 2. The van der Waals surface area contributed by atoms with Crippen molar-refractivity contribution >= 4 is 17.9 Å². The van der Waals surface area contributed by atoms with Crippen molar-refractivity contribution < 1.29 is 29.3 Å². The van der Waals surface area contributed by atoms with Gasteiger partial charge in [0.25, 0.3) is 5.91 Å². The molecule has 1 saturated heterocycles. The molecule has 0 spiro atoms. The van der Waals surface area contributed by atoms with Crippen LogP contribution in [0.2, 0.25) is 0 Å². The summed E-state index contributed by atoms with van der Waals surface area (Å²) in [6.07, 6.45) is 0.778. The maximum atomic E-state index is 12.5. The predicted molar refractivity (Wildman–Crippen MR) is 106 cm³/mol. The van der Waals surface area contributed by atoms with Crippen LogP contribution >= 0.6 is 0 Å². The van der Waals surface area contributed by atoms with E-state index in [0.29, 0.717) is 25.9 Å². The fourth-order valence-electron chi connectivity index (χ4n) is 3.02. The zero-order valence-corrected chi connectivity index (χ0v) is 17.0. The topological polar surface area (TPSA) is 128 Å². The molecule has 1 aromatic carbocycles. The molecule has 3 amide bonds. The lowest BCUT2D eigenvalue weighted by molar-refractivity contribution is -0.121. The molecule has 0 aromatic heterocycles. The summed E-state index contributed by atoms with van der Waals surface area (Å²) in [5.41, 5.74) is -0.368. The largest absolute Gasteiger partial charge is 0.508 e. The fraction of sp³-hybridized carbons (Fsp3) is 0.550. The normalized spacial score (nSPS) is 14.9. The molecule has 0 unspecified atom stereocenters. The van der Waals surface area contributed by atoms with E-state index in [1.54, 1.807) is 25.7 Å². The number of hydrogen-bond acceptors (Lipinski definition) is 6. The summed E-state index contributed by atoms with van der Waals surface area (Å²) in [6, 6.07) is 3.74. The molecule has 0 saturated carbocycles. The van der Waals surface area contributed by atoms with Gasteiger partial charge in [-0.3, -0.25) is 9.59 Å². The maximum Gasteiger partial charge on any atom is 0.407 e. The Morgan fingerprint density at radius 2 is 1.69 bits per heavy atom. The molecular weight excluding hydrogens is 378 g/mol. The number of piperidine rings is 1. The molecule has 9 nitrogen and oxygen atoms in total. The van der Waals surface area contributed by atoms with Gasteiger partial charge in [-0.2, -0.15) is 0 Å². The lowest BCUT2D eigenvalue weighted by atomic mass is 10.0. The molecule has 160 valence electrons. The highest BCUT2D eigenvalue weighted by Crippen LogP contribution is 2.22. The third-order valence-electron chi connectivity index (χ3n) is 4.32. The van der Waals surface area contributed by atoms with Crippen LogP contribution < -0.4 is 10.6 Å². The van der Waals surface area contributed by atoms with Crippen LogP contribution in [0.25, 0.3) is 0 Å². The molecule has 0 bridgehead atoms. The number of amides is 3. The van der Waals surface area contributed by atoms with E-state index in [2.05, 4.69) is 10.6 Å². The van der Waals surface area contributed by atoms with Gasteiger partial charge in [0.1, 0.15) is 17.1 Å². The first kappa shape index (κ1) is 22.3. The number of nitrogens with zero attached hydrogens (tertiary/aromatic N) is 1. The summed E-state index contributed by atoms with van der Waals surface area (Å²) in [6.45, 7) is 6.38. The summed E-state index contributed by atoms with van der Waals surface area (Å²) in [4.78, 5) is 37.7.